The Morgan fingerprint density at radius 2 is 1.54 bits per heavy atom. The fraction of sp³-hybridized carbons (Fsp3) is 0.500. The van der Waals surface area contributed by atoms with Gasteiger partial charge in [0.25, 0.3) is 0 Å². The van der Waals surface area contributed by atoms with Gasteiger partial charge in [-0.25, -0.2) is 4.98 Å². The van der Waals surface area contributed by atoms with E-state index in [0.717, 1.165) is 5.38 Å². The quantitative estimate of drug-likeness (QED) is 0.674. The van der Waals surface area contributed by atoms with Gasteiger partial charge >= 0.3 is 18.5 Å². The van der Waals surface area contributed by atoms with Gasteiger partial charge in [-0.3, -0.25) is 0 Å². The van der Waals surface area contributed by atoms with Gasteiger partial charge in [-0.2, -0.15) is 54.5 Å². The summed E-state index contributed by atoms with van der Waals surface area (Å²) in [6, 6.07) is -2.20. The van der Waals surface area contributed by atoms with Crippen molar-refractivity contribution in [3.05, 3.63) is 10.4 Å². The van der Waals surface area contributed by atoms with Crippen molar-refractivity contribution in [2.24, 2.45) is 0 Å². The molecule has 0 spiro atoms. The summed E-state index contributed by atoms with van der Waals surface area (Å²) in [5.41, 5.74) is -0.488. The summed E-state index contributed by atoms with van der Waals surface area (Å²) in [7, 11) is 0. The van der Waals surface area contributed by atoms with Gasteiger partial charge in [0.05, 0.1) is 0 Å². The first kappa shape index (κ1) is 21.9. The highest BCUT2D eigenvalue weighted by molar-refractivity contribution is 7.10. The molecule has 0 aliphatic heterocycles. The van der Waals surface area contributed by atoms with Crippen LogP contribution in [0.2, 0.25) is 0 Å². The van der Waals surface area contributed by atoms with E-state index in [4.69, 9.17) is 0 Å². The Morgan fingerprint density at radius 1 is 0.929 bits per heavy atom. The number of anilines is 2. The lowest BCUT2D eigenvalue weighted by Crippen LogP contribution is -2.34. The molecule has 156 valence electrons. The Bertz CT molecular complexity index is 813. The molecule has 16 heteroatoms. The highest BCUT2D eigenvalue weighted by Crippen LogP contribution is 2.34. The molecule has 2 rings (SSSR count). The number of halogens is 9. The summed E-state index contributed by atoms with van der Waals surface area (Å²) in [6.45, 7) is -0.938. The molecule has 2 heterocycles. The molecular formula is C12H9F9N6S. The topological polar surface area (TPSA) is 75.6 Å². The van der Waals surface area contributed by atoms with Gasteiger partial charge in [0.15, 0.2) is 10.8 Å². The van der Waals surface area contributed by atoms with Gasteiger partial charge in [-0.05, 0) is 6.92 Å². The first-order valence-electron chi connectivity index (χ1n) is 7.08. The van der Waals surface area contributed by atoms with E-state index in [1.165, 1.54) is 0 Å². The minimum atomic E-state index is -4.79. The largest absolute Gasteiger partial charge is 0.443 e. The third kappa shape index (κ3) is 6.07. The Hall–Kier alpha value is -2.39. The molecule has 0 aliphatic carbocycles. The molecule has 0 radical (unpaired) electrons. The lowest BCUT2D eigenvalue weighted by molar-refractivity contribution is -0.139. The summed E-state index contributed by atoms with van der Waals surface area (Å²) in [5, 5.41) is 3.12. The van der Waals surface area contributed by atoms with E-state index in [1.807, 2.05) is 5.32 Å². The summed E-state index contributed by atoms with van der Waals surface area (Å²) in [5.74, 6) is -2.22. The van der Waals surface area contributed by atoms with E-state index >= 15 is 0 Å². The van der Waals surface area contributed by atoms with Gasteiger partial charge in [0, 0.05) is 5.38 Å². The van der Waals surface area contributed by atoms with Crippen LogP contribution in [0.3, 0.4) is 0 Å². The normalized spacial score (nSPS) is 14.1. The van der Waals surface area contributed by atoms with Gasteiger partial charge in [-0.1, -0.05) is 0 Å². The smallest absolute Gasteiger partial charge is 0.345 e. The molecular weight excluding hydrogens is 431 g/mol. The Balaban J connectivity index is 2.40. The fourth-order valence-corrected chi connectivity index (χ4v) is 2.26. The molecule has 0 bridgehead atoms. The molecule has 28 heavy (non-hydrogen) atoms. The summed E-state index contributed by atoms with van der Waals surface area (Å²) >= 11 is 0.161. The van der Waals surface area contributed by atoms with Crippen LogP contribution in [-0.2, 0) is 6.18 Å². The van der Waals surface area contributed by atoms with Crippen molar-refractivity contribution in [3.8, 4) is 11.5 Å². The van der Waals surface area contributed by atoms with Gasteiger partial charge in [0.1, 0.15) is 18.3 Å². The third-order valence-corrected chi connectivity index (χ3v) is 3.78. The Morgan fingerprint density at radius 3 is 2.04 bits per heavy atom. The van der Waals surface area contributed by atoms with Crippen molar-refractivity contribution in [1.82, 2.24) is 19.9 Å². The first-order valence-corrected chi connectivity index (χ1v) is 7.96. The van der Waals surface area contributed by atoms with Crippen molar-refractivity contribution in [1.29, 1.82) is 0 Å². The Labute approximate surface area is 154 Å². The fourth-order valence-electron chi connectivity index (χ4n) is 1.60. The van der Waals surface area contributed by atoms with Gasteiger partial charge in [0.2, 0.25) is 11.9 Å². The van der Waals surface area contributed by atoms with Crippen molar-refractivity contribution >= 4 is 23.2 Å². The van der Waals surface area contributed by atoms with Crippen molar-refractivity contribution in [2.75, 3.05) is 17.2 Å². The standard InChI is InChI=1S/C12H9F9N6S/c1-4(11(16,17)18)23-9-26-6(5-2-28-7(24-5)12(19,20)21)25-8(27-9)22-3-10(13,14)15/h2,4H,3H2,1H3,(H2,22,23,25,26,27). The number of hydrogen-bond donors (Lipinski definition) is 2. The van der Waals surface area contributed by atoms with Crippen molar-refractivity contribution in [2.45, 2.75) is 31.5 Å². The minimum absolute atomic E-state index is 0.161. The molecule has 0 saturated carbocycles. The monoisotopic (exact) mass is 440 g/mol. The van der Waals surface area contributed by atoms with Gasteiger partial charge < -0.3 is 10.6 Å². The van der Waals surface area contributed by atoms with Crippen LogP contribution in [0, 0.1) is 0 Å². The summed E-state index contributed by atoms with van der Waals surface area (Å²) < 4.78 is 113. The SMILES string of the molecule is CC(Nc1nc(NCC(F)(F)F)nc(-c2csc(C(F)(F)F)n2)n1)C(F)(F)F. The number of thiazole rings is 1. The van der Waals surface area contributed by atoms with E-state index in [9.17, 15) is 39.5 Å². The summed E-state index contributed by atoms with van der Waals surface area (Å²) in [4.78, 5) is 13.6. The molecule has 1 unspecified atom stereocenters. The molecule has 0 aliphatic rings. The molecule has 6 nitrogen and oxygen atoms in total. The molecule has 0 saturated heterocycles. The third-order valence-electron chi connectivity index (χ3n) is 2.89. The molecule has 2 aromatic heterocycles. The predicted molar refractivity (Wildman–Crippen MR) is 79.6 cm³/mol. The predicted octanol–water partition coefficient (Wildman–Crippen LogP) is 4.35. The maximum atomic E-state index is 12.7. The number of hydrogen-bond acceptors (Lipinski definition) is 7. The number of nitrogens with zero attached hydrogens (tertiary/aromatic N) is 4. The second-order valence-corrected chi connectivity index (χ2v) is 6.08. The van der Waals surface area contributed by atoms with E-state index in [0.29, 0.717) is 6.92 Å². The zero-order chi connectivity index (χ0) is 21.3. The molecule has 0 aromatic carbocycles. The zero-order valence-corrected chi connectivity index (χ0v) is 14.3. The van der Waals surface area contributed by atoms with E-state index in [2.05, 4.69) is 19.9 Å². The number of alkyl halides is 9. The zero-order valence-electron chi connectivity index (χ0n) is 13.5. The maximum Gasteiger partial charge on any atom is 0.443 e. The molecule has 1 atom stereocenters. The number of nitrogens with one attached hydrogen (secondary N) is 2. The average molecular weight is 440 g/mol. The van der Waals surface area contributed by atoms with Crippen LogP contribution >= 0.6 is 11.3 Å². The highest BCUT2D eigenvalue weighted by Gasteiger charge is 2.37. The van der Waals surface area contributed by atoms with Crippen molar-refractivity contribution in [3.63, 3.8) is 0 Å². The molecule has 2 aromatic rings. The van der Waals surface area contributed by atoms with Crippen LogP contribution in [0.25, 0.3) is 11.5 Å². The Kier molecular flexibility index (Phi) is 5.91. The molecule has 0 fully saturated rings. The lowest BCUT2D eigenvalue weighted by atomic mass is 10.3. The second kappa shape index (κ2) is 7.56. The minimum Gasteiger partial charge on any atom is -0.345 e. The van der Waals surface area contributed by atoms with Crippen molar-refractivity contribution < 1.29 is 39.5 Å². The van der Waals surface area contributed by atoms with Crippen LogP contribution in [0.15, 0.2) is 5.38 Å². The number of rotatable bonds is 5. The van der Waals surface area contributed by atoms with Gasteiger partial charge in [-0.15, -0.1) is 11.3 Å². The lowest BCUT2D eigenvalue weighted by Gasteiger charge is -2.17. The van der Waals surface area contributed by atoms with Crippen LogP contribution in [0.1, 0.15) is 11.9 Å². The van der Waals surface area contributed by atoms with E-state index in [-0.39, 0.29) is 11.3 Å². The summed E-state index contributed by atoms with van der Waals surface area (Å²) in [6.07, 6.45) is -14.2. The molecule has 0 amide bonds. The van der Waals surface area contributed by atoms with E-state index < -0.39 is 59.5 Å². The highest BCUT2D eigenvalue weighted by atomic mass is 32.1. The number of aromatic nitrogens is 4. The second-order valence-electron chi connectivity index (χ2n) is 5.22. The van der Waals surface area contributed by atoms with Crippen LogP contribution < -0.4 is 10.6 Å². The van der Waals surface area contributed by atoms with Crippen LogP contribution in [0.4, 0.5) is 51.4 Å². The van der Waals surface area contributed by atoms with E-state index in [1.54, 1.807) is 5.32 Å². The van der Waals surface area contributed by atoms with Crippen LogP contribution in [-0.4, -0.2) is 44.9 Å². The molecule has 2 N–H and O–H groups in total. The van der Waals surface area contributed by atoms with Crippen LogP contribution in [0.5, 0.6) is 0 Å². The maximum absolute atomic E-state index is 12.7. The first-order chi connectivity index (χ1) is 12.6. The average Bonchev–Trinajstić information content (AvgIpc) is 3.01.